The molecule has 0 fully saturated rings. The molecule has 226 valence electrons. The Morgan fingerprint density at radius 3 is 2.00 bits per heavy atom. The summed E-state index contributed by atoms with van der Waals surface area (Å²) in [5.41, 5.74) is 2.02. The lowest BCUT2D eigenvalue weighted by Crippen LogP contribution is -2.06. The molecule has 9 nitrogen and oxygen atoms in total. The molecule has 0 radical (unpaired) electrons. The normalized spacial score (nSPS) is 10.8. The summed E-state index contributed by atoms with van der Waals surface area (Å²) in [6, 6.07) is 12.7. The molecular weight excluding hydrogens is 540 g/mol. The van der Waals surface area contributed by atoms with E-state index in [0.717, 1.165) is 36.8 Å². The standard InChI is InChI=1S/C33H40O9/c1-25(2)33(36)42-21-8-6-5-7-20-40-29-17-12-27(24-30(29)37-3)14-19-32(35)41-23-9-22-39-28-15-10-26(11-16-28)13-18-31(34)38-4/h10-19,24H,1,5-9,20-23H2,2-4H3. The van der Waals surface area contributed by atoms with E-state index in [9.17, 15) is 14.4 Å². The molecule has 0 aliphatic heterocycles. The van der Waals surface area contributed by atoms with E-state index in [4.69, 9.17) is 23.7 Å². The summed E-state index contributed by atoms with van der Waals surface area (Å²) in [6.07, 6.45) is 10.1. The summed E-state index contributed by atoms with van der Waals surface area (Å²) in [4.78, 5) is 34.6. The molecule has 0 atom stereocenters. The summed E-state index contributed by atoms with van der Waals surface area (Å²) in [6.45, 7) is 6.72. The lowest BCUT2D eigenvalue weighted by Gasteiger charge is -2.11. The third-order valence-electron chi connectivity index (χ3n) is 5.77. The SMILES string of the molecule is C=C(C)C(=O)OCCCCCCOc1ccc(C=CC(=O)OCCCOc2ccc(C=CC(=O)OC)cc2)cc1OC. The minimum atomic E-state index is -0.453. The van der Waals surface area contributed by atoms with Crippen LogP contribution in [0.3, 0.4) is 0 Å². The van der Waals surface area contributed by atoms with Crippen molar-refractivity contribution in [3.8, 4) is 17.2 Å². The third kappa shape index (κ3) is 13.7. The average molecular weight is 581 g/mol. The van der Waals surface area contributed by atoms with Gasteiger partial charge in [-0.3, -0.25) is 0 Å². The fraction of sp³-hybridized carbons (Fsp3) is 0.364. The Morgan fingerprint density at radius 1 is 0.690 bits per heavy atom. The van der Waals surface area contributed by atoms with Crippen molar-refractivity contribution in [2.75, 3.05) is 40.6 Å². The van der Waals surface area contributed by atoms with E-state index in [0.29, 0.717) is 49.1 Å². The van der Waals surface area contributed by atoms with Crippen LogP contribution in [0.5, 0.6) is 17.2 Å². The van der Waals surface area contributed by atoms with Gasteiger partial charge < -0.3 is 28.4 Å². The quantitative estimate of drug-likeness (QED) is 0.0860. The fourth-order valence-electron chi connectivity index (χ4n) is 3.48. The van der Waals surface area contributed by atoms with Crippen LogP contribution in [0.25, 0.3) is 12.2 Å². The van der Waals surface area contributed by atoms with E-state index in [2.05, 4.69) is 11.3 Å². The zero-order chi connectivity index (χ0) is 30.6. The second kappa shape index (κ2) is 19.5. The molecule has 2 aromatic rings. The van der Waals surface area contributed by atoms with Gasteiger partial charge in [0.25, 0.3) is 0 Å². The topological polar surface area (TPSA) is 107 Å². The summed E-state index contributed by atoms with van der Waals surface area (Å²) in [5.74, 6) is 0.652. The van der Waals surface area contributed by atoms with Crippen molar-refractivity contribution >= 4 is 30.1 Å². The fourth-order valence-corrected chi connectivity index (χ4v) is 3.48. The van der Waals surface area contributed by atoms with Crippen molar-refractivity contribution in [1.82, 2.24) is 0 Å². The number of rotatable bonds is 19. The van der Waals surface area contributed by atoms with E-state index in [1.807, 2.05) is 18.2 Å². The molecule has 2 rings (SSSR count). The molecule has 0 saturated carbocycles. The van der Waals surface area contributed by atoms with Crippen molar-refractivity contribution in [2.45, 2.75) is 39.0 Å². The number of esters is 3. The van der Waals surface area contributed by atoms with E-state index in [1.54, 1.807) is 50.5 Å². The molecule has 0 heterocycles. The first-order valence-corrected chi connectivity index (χ1v) is 13.8. The molecule has 0 spiro atoms. The van der Waals surface area contributed by atoms with E-state index in [1.165, 1.54) is 19.3 Å². The number of unbranched alkanes of at least 4 members (excludes halogenated alkanes) is 3. The lowest BCUT2D eigenvalue weighted by atomic mass is 10.2. The first-order valence-electron chi connectivity index (χ1n) is 13.8. The van der Waals surface area contributed by atoms with Gasteiger partial charge in [0.1, 0.15) is 5.75 Å². The lowest BCUT2D eigenvalue weighted by molar-refractivity contribution is -0.139. The molecule has 0 aliphatic carbocycles. The summed E-state index contributed by atoms with van der Waals surface area (Å²) in [7, 11) is 2.89. The van der Waals surface area contributed by atoms with Crippen molar-refractivity contribution in [1.29, 1.82) is 0 Å². The largest absolute Gasteiger partial charge is 0.493 e. The van der Waals surface area contributed by atoms with Crippen molar-refractivity contribution in [3.05, 3.63) is 77.9 Å². The van der Waals surface area contributed by atoms with E-state index < -0.39 is 11.9 Å². The summed E-state index contributed by atoms with van der Waals surface area (Å²) in [5, 5.41) is 0. The van der Waals surface area contributed by atoms with Crippen LogP contribution < -0.4 is 14.2 Å². The second-order valence-electron chi connectivity index (χ2n) is 9.22. The highest BCUT2D eigenvalue weighted by molar-refractivity contribution is 5.88. The average Bonchev–Trinajstić information content (AvgIpc) is 3.00. The highest BCUT2D eigenvalue weighted by Crippen LogP contribution is 2.29. The van der Waals surface area contributed by atoms with Gasteiger partial charge in [-0.1, -0.05) is 24.8 Å². The zero-order valence-electron chi connectivity index (χ0n) is 24.6. The molecule has 0 unspecified atom stereocenters. The Bertz CT molecular complexity index is 1210. The van der Waals surface area contributed by atoms with Crippen LogP contribution in [0, 0.1) is 0 Å². The van der Waals surface area contributed by atoms with Crippen LogP contribution in [0.2, 0.25) is 0 Å². The van der Waals surface area contributed by atoms with Crippen LogP contribution in [-0.4, -0.2) is 58.6 Å². The van der Waals surface area contributed by atoms with Crippen molar-refractivity contribution in [2.24, 2.45) is 0 Å². The minimum absolute atomic E-state index is 0.221. The molecule has 0 bridgehead atoms. The van der Waals surface area contributed by atoms with Crippen LogP contribution in [0.15, 0.2) is 66.8 Å². The maximum atomic E-state index is 12.1. The third-order valence-corrected chi connectivity index (χ3v) is 5.77. The molecule has 0 aliphatic rings. The summed E-state index contributed by atoms with van der Waals surface area (Å²) < 4.78 is 31.8. The van der Waals surface area contributed by atoms with Crippen LogP contribution in [0.1, 0.15) is 50.2 Å². The van der Waals surface area contributed by atoms with Crippen molar-refractivity contribution in [3.63, 3.8) is 0 Å². The number of hydrogen-bond acceptors (Lipinski definition) is 9. The number of benzene rings is 2. The monoisotopic (exact) mass is 580 g/mol. The maximum absolute atomic E-state index is 12.1. The Hall–Kier alpha value is -4.53. The van der Waals surface area contributed by atoms with Gasteiger partial charge in [0.2, 0.25) is 0 Å². The number of hydrogen-bond donors (Lipinski definition) is 0. The minimum Gasteiger partial charge on any atom is -0.493 e. The highest BCUT2D eigenvalue weighted by Gasteiger charge is 2.06. The first-order chi connectivity index (χ1) is 20.3. The number of methoxy groups -OCH3 is 2. The molecule has 42 heavy (non-hydrogen) atoms. The van der Waals surface area contributed by atoms with Crippen LogP contribution in [0.4, 0.5) is 0 Å². The molecule has 9 heteroatoms. The van der Waals surface area contributed by atoms with Gasteiger partial charge in [0.05, 0.1) is 40.6 Å². The van der Waals surface area contributed by atoms with Gasteiger partial charge in [-0.2, -0.15) is 0 Å². The Balaban J connectivity index is 1.64. The van der Waals surface area contributed by atoms with Gasteiger partial charge in [-0.15, -0.1) is 0 Å². The van der Waals surface area contributed by atoms with Gasteiger partial charge in [0.15, 0.2) is 11.5 Å². The first kappa shape index (κ1) is 33.7. The van der Waals surface area contributed by atoms with E-state index in [-0.39, 0.29) is 12.6 Å². The van der Waals surface area contributed by atoms with Crippen LogP contribution >= 0.6 is 0 Å². The smallest absolute Gasteiger partial charge is 0.333 e. The maximum Gasteiger partial charge on any atom is 0.333 e. The number of carbonyl (C=O) groups excluding carboxylic acids is 3. The molecular formula is C33H40O9. The predicted molar refractivity (Wildman–Crippen MR) is 160 cm³/mol. The molecule has 0 N–H and O–H groups in total. The van der Waals surface area contributed by atoms with Crippen molar-refractivity contribution < 1.29 is 42.8 Å². The number of carbonyl (C=O) groups is 3. The predicted octanol–water partition coefficient (Wildman–Crippen LogP) is 5.97. The Kier molecular flexibility index (Phi) is 15.7. The van der Waals surface area contributed by atoms with Gasteiger partial charge in [-0.05, 0) is 80.2 Å². The van der Waals surface area contributed by atoms with E-state index >= 15 is 0 Å². The molecule has 0 aromatic heterocycles. The molecule has 2 aromatic carbocycles. The Morgan fingerprint density at radius 2 is 1.31 bits per heavy atom. The highest BCUT2D eigenvalue weighted by atomic mass is 16.5. The van der Waals surface area contributed by atoms with Gasteiger partial charge in [-0.25, -0.2) is 14.4 Å². The second-order valence-corrected chi connectivity index (χ2v) is 9.22. The molecule has 0 saturated heterocycles. The van der Waals surface area contributed by atoms with Crippen LogP contribution in [-0.2, 0) is 28.6 Å². The van der Waals surface area contributed by atoms with Gasteiger partial charge >= 0.3 is 17.9 Å². The van der Waals surface area contributed by atoms with Gasteiger partial charge in [0, 0.05) is 24.1 Å². The zero-order valence-corrected chi connectivity index (χ0v) is 24.6. The molecule has 0 amide bonds. The summed E-state index contributed by atoms with van der Waals surface area (Å²) >= 11 is 0. The number of ether oxygens (including phenoxy) is 6. The Labute approximate surface area is 247 Å².